The quantitative estimate of drug-likeness (QED) is 0.0213. The molecule has 0 aromatic heterocycles. The second-order valence-corrected chi connectivity index (χ2v) is 16.4. The average Bonchev–Trinajstić information content (AvgIpc) is 3.31. The van der Waals surface area contributed by atoms with Crippen LogP contribution in [0.4, 0.5) is 22.7 Å². The molecule has 0 heterocycles. The largest absolute Gasteiger partial charge is 0.494 e. The van der Waals surface area contributed by atoms with Crippen molar-refractivity contribution in [2.24, 2.45) is 20.5 Å². The highest BCUT2D eigenvalue weighted by molar-refractivity contribution is 6.36. The molecule has 64 heavy (non-hydrogen) atoms. The summed E-state index contributed by atoms with van der Waals surface area (Å²) in [6, 6.07) is 30.4. The molecule has 5 aromatic carbocycles. The zero-order valence-electron chi connectivity index (χ0n) is 37.1. The molecule has 0 unspecified atom stereocenters. The number of halogens is 2. The first-order chi connectivity index (χ1) is 31.3. The van der Waals surface area contributed by atoms with Crippen molar-refractivity contribution in [3.8, 4) is 23.0 Å². The number of carbonyl (C=O) groups excluding carboxylic acids is 2. The first kappa shape index (κ1) is 49.4. The maximum absolute atomic E-state index is 13.1. The second-order valence-electron chi connectivity index (χ2n) is 15.6. The average molecular weight is 908 g/mol. The van der Waals surface area contributed by atoms with Gasteiger partial charge in [0, 0.05) is 6.07 Å². The van der Waals surface area contributed by atoms with Crippen LogP contribution in [-0.2, 0) is 0 Å². The fraction of sp³-hybridized carbons (Fsp3) is 0.385. The third-order valence-corrected chi connectivity index (χ3v) is 11.0. The molecular formula is C52H60Cl2N4O6. The molecule has 0 aliphatic rings. The molecule has 5 aromatic rings. The van der Waals surface area contributed by atoms with Gasteiger partial charge in [-0.25, -0.2) is 9.59 Å². The Morgan fingerprint density at radius 1 is 0.406 bits per heavy atom. The van der Waals surface area contributed by atoms with Crippen LogP contribution in [-0.4, -0.2) is 25.2 Å². The minimum absolute atomic E-state index is 0.0354. The summed E-state index contributed by atoms with van der Waals surface area (Å²) in [6.45, 7) is 5.87. The monoisotopic (exact) mass is 906 g/mol. The van der Waals surface area contributed by atoms with Crippen LogP contribution in [0.3, 0.4) is 0 Å². The predicted octanol–water partition coefficient (Wildman–Crippen LogP) is 17.3. The van der Waals surface area contributed by atoms with Crippen molar-refractivity contribution in [1.29, 1.82) is 0 Å². The van der Waals surface area contributed by atoms with E-state index >= 15 is 0 Å². The molecule has 0 aliphatic carbocycles. The van der Waals surface area contributed by atoms with Crippen molar-refractivity contribution >= 4 is 57.9 Å². The molecule has 0 bridgehead atoms. The SMILES string of the molecule is CCCCCCCCCCOc1ccc(N=Nc2ccc(C(=O)Oc3cc(OC(=O)c4ccc(N=Nc5ccc(OCCCCCCCCCC)cc5)cc4)c(Cl)cc3Cl)cc2)cc1. The van der Waals surface area contributed by atoms with Gasteiger partial charge < -0.3 is 18.9 Å². The standard InChI is InChI=1S/C52H60Cl2N4O6/c1-3-5-7-9-11-13-15-17-35-61-45-31-27-43(28-32-45)57-55-41-23-19-39(20-24-41)51(59)63-49-38-50(48(54)37-47(49)53)64-52(60)40-21-25-42(26-22-40)56-58-44-29-33-46(34-30-44)62-36-18-16-14-12-10-8-6-4-2/h19-34,37-38H,3-18,35-36H2,1-2H3. The number of azo groups is 2. The third kappa shape index (κ3) is 17.9. The molecule has 0 amide bonds. The predicted molar refractivity (Wildman–Crippen MR) is 257 cm³/mol. The zero-order chi connectivity index (χ0) is 45.2. The number of hydrogen-bond acceptors (Lipinski definition) is 10. The minimum atomic E-state index is -0.685. The van der Waals surface area contributed by atoms with E-state index in [1.54, 1.807) is 48.5 Å². The van der Waals surface area contributed by atoms with Gasteiger partial charge >= 0.3 is 11.9 Å². The Morgan fingerprint density at radius 3 is 1.03 bits per heavy atom. The van der Waals surface area contributed by atoms with E-state index in [1.165, 1.54) is 102 Å². The number of unbranched alkanes of at least 4 members (excludes halogenated alkanes) is 14. The van der Waals surface area contributed by atoms with Crippen molar-refractivity contribution in [2.45, 2.75) is 117 Å². The molecule has 0 radical (unpaired) electrons. The lowest BCUT2D eigenvalue weighted by Gasteiger charge is -2.11. The van der Waals surface area contributed by atoms with Gasteiger partial charge in [0.25, 0.3) is 0 Å². The summed E-state index contributed by atoms with van der Waals surface area (Å²) in [5.74, 6) is 0.159. The first-order valence-corrected chi connectivity index (χ1v) is 23.5. The maximum atomic E-state index is 13.1. The highest BCUT2D eigenvalue weighted by Crippen LogP contribution is 2.37. The molecule has 5 rings (SSSR count). The van der Waals surface area contributed by atoms with Crippen molar-refractivity contribution < 1.29 is 28.5 Å². The van der Waals surface area contributed by atoms with E-state index in [2.05, 4.69) is 34.3 Å². The third-order valence-electron chi connectivity index (χ3n) is 10.4. The van der Waals surface area contributed by atoms with Crippen LogP contribution in [0.5, 0.6) is 23.0 Å². The summed E-state index contributed by atoms with van der Waals surface area (Å²) in [5.41, 5.74) is 2.91. The van der Waals surface area contributed by atoms with Gasteiger partial charge in [-0.15, -0.1) is 0 Å². The maximum Gasteiger partial charge on any atom is 0.343 e. The van der Waals surface area contributed by atoms with Crippen LogP contribution in [0.1, 0.15) is 137 Å². The lowest BCUT2D eigenvalue weighted by Crippen LogP contribution is -2.11. The summed E-state index contributed by atoms with van der Waals surface area (Å²) in [5, 5.41) is 17.3. The van der Waals surface area contributed by atoms with Crippen LogP contribution in [0.2, 0.25) is 10.0 Å². The van der Waals surface area contributed by atoms with Gasteiger partial charge in [0.2, 0.25) is 0 Å². The van der Waals surface area contributed by atoms with Crippen LogP contribution in [0.15, 0.2) is 130 Å². The van der Waals surface area contributed by atoms with Crippen molar-refractivity contribution in [3.05, 3.63) is 130 Å². The molecule has 0 saturated carbocycles. The van der Waals surface area contributed by atoms with Crippen LogP contribution >= 0.6 is 23.2 Å². The Balaban J connectivity index is 1.04. The summed E-state index contributed by atoms with van der Waals surface area (Å²) >= 11 is 12.7. The van der Waals surface area contributed by atoms with Crippen molar-refractivity contribution in [3.63, 3.8) is 0 Å². The van der Waals surface area contributed by atoms with Gasteiger partial charge in [0.1, 0.15) is 11.5 Å². The van der Waals surface area contributed by atoms with Gasteiger partial charge in [-0.3, -0.25) is 0 Å². The molecule has 0 spiro atoms. The second kappa shape index (κ2) is 28.3. The normalized spacial score (nSPS) is 11.3. The topological polar surface area (TPSA) is 121 Å². The Bertz CT molecular complexity index is 2060. The van der Waals surface area contributed by atoms with Crippen molar-refractivity contribution in [2.75, 3.05) is 13.2 Å². The van der Waals surface area contributed by atoms with E-state index in [4.69, 9.17) is 42.1 Å². The summed E-state index contributed by atoms with van der Waals surface area (Å²) in [4.78, 5) is 26.2. The number of rotatable bonds is 28. The lowest BCUT2D eigenvalue weighted by molar-refractivity contribution is 0.0733. The molecule has 0 saturated heterocycles. The van der Waals surface area contributed by atoms with Gasteiger partial charge in [-0.1, -0.05) is 127 Å². The number of benzene rings is 5. The highest BCUT2D eigenvalue weighted by atomic mass is 35.5. The van der Waals surface area contributed by atoms with E-state index in [0.717, 1.165) is 24.3 Å². The molecule has 0 N–H and O–H groups in total. The van der Waals surface area contributed by atoms with Crippen molar-refractivity contribution in [1.82, 2.24) is 0 Å². The fourth-order valence-corrected chi connectivity index (χ4v) is 7.07. The smallest absolute Gasteiger partial charge is 0.343 e. The molecular weight excluding hydrogens is 847 g/mol. The summed E-state index contributed by atoms with van der Waals surface area (Å²) in [6.07, 6.45) is 20.1. The highest BCUT2D eigenvalue weighted by Gasteiger charge is 2.18. The Kier molecular flexibility index (Phi) is 21.8. The van der Waals surface area contributed by atoms with E-state index < -0.39 is 11.9 Å². The van der Waals surface area contributed by atoms with Crippen LogP contribution in [0.25, 0.3) is 0 Å². The van der Waals surface area contributed by atoms with Gasteiger partial charge in [0.05, 0.1) is 57.1 Å². The van der Waals surface area contributed by atoms with E-state index in [0.29, 0.717) is 36.0 Å². The molecule has 0 aliphatic heterocycles. The lowest BCUT2D eigenvalue weighted by atomic mass is 10.1. The van der Waals surface area contributed by atoms with Crippen LogP contribution < -0.4 is 18.9 Å². The minimum Gasteiger partial charge on any atom is -0.494 e. The first-order valence-electron chi connectivity index (χ1n) is 22.7. The molecule has 0 fully saturated rings. The summed E-state index contributed by atoms with van der Waals surface area (Å²) < 4.78 is 22.9. The zero-order valence-corrected chi connectivity index (χ0v) is 38.6. The molecule has 12 heteroatoms. The molecule has 338 valence electrons. The fourth-order valence-electron chi connectivity index (χ4n) is 6.61. The van der Waals surface area contributed by atoms with E-state index in [1.807, 2.05) is 48.5 Å². The molecule has 0 atom stereocenters. The van der Waals surface area contributed by atoms with E-state index in [-0.39, 0.29) is 32.7 Å². The number of carbonyl (C=O) groups is 2. The Labute approximate surface area is 388 Å². The number of esters is 2. The van der Waals surface area contributed by atoms with E-state index in [9.17, 15) is 9.59 Å². The number of ether oxygens (including phenoxy) is 4. The molecule has 10 nitrogen and oxygen atoms in total. The summed E-state index contributed by atoms with van der Waals surface area (Å²) in [7, 11) is 0. The number of nitrogens with zero attached hydrogens (tertiary/aromatic N) is 4. The van der Waals surface area contributed by atoms with Gasteiger partial charge in [0.15, 0.2) is 11.5 Å². The Hall–Kier alpha value is -5.58. The number of hydrogen-bond donors (Lipinski definition) is 0. The Morgan fingerprint density at radius 2 is 0.703 bits per heavy atom. The van der Waals surface area contributed by atoms with Gasteiger partial charge in [-0.2, -0.15) is 20.5 Å². The van der Waals surface area contributed by atoms with Crippen LogP contribution in [0, 0.1) is 0 Å². The van der Waals surface area contributed by atoms with Gasteiger partial charge in [-0.05, 0) is 116 Å².